The number of carbonyl (C=O) groups excluding carboxylic acids is 2. The van der Waals surface area contributed by atoms with Gasteiger partial charge in [0, 0.05) is 19.5 Å². The zero-order valence-corrected chi connectivity index (χ0v) is 18.2. The minimum absolute atomic E-state index is 0.0919. The molecule has 0 radical (unpaired) electrons. The molecule has 0 aromatic carbocycles. The normalized spacial score (nSPS) is 14.0. The second-order valence-corrected chi connectivity index (χ2v) is 8.62. The SMILES string of the molecule is CCCC[C@@H](CC)CNC(=O)COC(=O)c1sc2nc3n(c(=O)c2c1C)CCC3. The van der Waals surface area contributed by atoms with E-state index in [0.717, 1.165) is 55.7 Å². The third kappa shape index (κ3) is 4.69. The van der Waals surface area contributed by atoms with Gasteiger partial charge in [0.25, 0.3) is 11.5 Å². The minimum atomic E-state index is -0.580. The van der Waals surface area contributed by atoms with E-state index in [0.29, 0.717) is 39.7 Å². The molecule has 2 aromatic rings. The monoisotopic (exact) mass is 419 g/mol. The fourth-order valence-electron chi connectivity index (χ4n) is 3.72. The Balaban J connectivity index is 1.62. The van der Waals surface area contributed by atoms with Crippen LogP contribution in [0.2, 0.25) is 0 Å². The van der Waals surface area contributed by atoms with Gasteiger partial charge in [-0.2, -0.15) is 0 Å². The van der Waals surface area contributed by atoms with Gasteiger partial charge in [0.1, 0.15) is 15.5 Å². The lowest BCUT2D eigenvalue weighted by molar-refractivity contribution is -0.124. The maximum atomic E-state index is 12.7. The maximum Gasteiger partial charge on any atom is 0.349 e. The number of thiophene rings is 1. The molecule has 1 aliphatic heterocycles. The van der Waals surface area contributed by atoms with E-state index < -0.39 is 5.97 Å². The van der Waals surface area contributed by atoms with Crippen LogP contribution in [0.5, 0.6) is 0 Å². The van der Waals surface area contributed by atoms with Gasteiger partial charge in [-0.05, 0) is 31.2 Å². The van der Waals surface area contributed by atoms with Crippen molar-refractivity contribution in [3.8, 4) is 0 Å². The molecule has 0 spiro atoms. The van der Waals surface area contributed by atoms with Crippen LogP contribution < -0.4 is 10.9 Å². The molecule has 0 saturated heterocycles. The lowest BCUT2D eigenvalue weighted by Gasteiger charge is -2.15. The van der Waals surface area contributed by atoms with Gasteiger partial charge in [-0.3, -0.25) is 14.2 Å². The number of nitrogens with zero attached hydrogens (tertiary/aromatic N) is 2. The number of ether oxygens (including phenoxy) is 1. The van der Waals surface area contributed by atoms with Gasteiger partial charge in [-0.1, -0.05) is 33.1 Å². The van der Waals surface area contributed by atoms with Crippen molar-refractivity contribution in [1.29, 1.82) is 0 Å². The molecule has 3 heterocycles. The van der Waals surface area contributed by atoms with Crippen molar-refractivity contribution in [2.75, 3.05) is 13.2 Å². The van der Waals surface area contributed by atoms with Gasteiger partial charge in [0.2, 0.25) is 0 Å². The molecule has 0 bridgehead atoms. The van der Waals surface area contributed by atoms with E-state index in [-0.39, 0.29) is 18.1 Å². The zero-order valence-electron chi connectivity index (χ0n) is 17.4. The van der Waals surface area contributed by atoms with E-state index in [1.54, 1.807) is 11.5 Å². The van der Waals surface area contributed by atoms with E-state index >= 15 is 0 Å². The van der Waals surface area contributed by atoms with Gasteiger partial charge < -0.3 is 10.1 Å². The van der Waals surface area contributed by atoms with Crippen LogP contribution in [0.15, 0.2) is 4.79 Å². The summed E-state index contributed by atoms with van der Waals surface area (Å²) in [4.78, 5) is 42.8. The molecule has 29 heavy (non-hydrogen) atoms. The molecule has 158 valence electrons. The first-order valence-corrected chi connectivity index (χ1v) is 11.2. The molecule has 1 aliphatic rings. The highest BCUT2D eigenvalue weighted by atomic mass is 32.1. The Hall–Kier alpha value is -2.22. The van der Waals surface area contributed by atoms with E-state index in [2.05, 4.69) is 24.1 Å². The number of aryl methyl sites for hydroxylation is 2. The molecule has 0 saturated carbocycles. The summed E-state index contributed by atoms with van der Waals surface area (Å²) < 4.78 is 6.90. The molecular formula is C21H29N3O4S. The molecular weight excluding hydrogens is 390 g/mol. The Morgan fingerprint density at radius 2 is 2.14 bits per heavy atom. The Kier molecular flexibility index (Phi) is 7.05. The van der Waals surface area contributed by atoms with Gasteiger partial charge in [0.15, 0.2) is 6.61 Å². The van der Waals surface area contributed by atoms with Crippen molar-refractivity contribution in [3.63, 3.8) is 0 Å². The van der Waals surface area contributed by atoms with E-state index in [4.69, 9.17) is 4.74 Å². The van der Waals surface area contributed by atoms with Crippen molar-refractivity contribution in [2.45, 2.75) is 65.8 Å². The van der Waals surface area contributed by atoms with Crippen LogP contribution >= 0.6 is 11.3 Å². The van der Waals surface area contributed by atoms with Gasteiger partial charge >= 0.3 is 5.97 Å². The Labute approximate surface area is 174 Å². The molecule has 1 atom stereocenters. The van der Waals surface area contributed by atoms with Crippen LogP contribution in [0.1, 0.15) is 67.0 Å². The zero-order chi connectivity index (χ0) is 21.0. The first kappa shape index (κ1) is 21.5. The number of carbonyl (C=O) groups is 2. The first-order chi connectivity index (χ1) is 14.0. The first-order valence-electron chi connectivity index (χ1n) is 10.4. The highest BCUT2D eigenvalue weighted by molar-refractivity contribution is 7.20. The number of esters is 1. The van der Waals surface area contributed by atoms with E-state index in [1.165, 1.54) is 0 Å². The summed E-state index contributed by atoms with van der Waals surface area (Å²) >= 11 is 1.16. The van der Waals surface area contributed by atoms with Crippen LogP contribution in [0.3, 0.4) is 0 Å². The predicted molar refractivity (Wildman–Crippen MR) is 114 cm³/mol. The van der Waals surface area contributed by atoms with Crippen molar-refractivity contribution in [3.05, 3.63) is 26.6 Å². The summed E-state index contributed by atoms with van der Waals surface area (Å²) in [6.07, 6.45) is 6.07. The third-order valence-corrected chi connectivity index (χ3v) is 6.73. The van der Waals surface area contributed by atoms with E-state index in [1.807, 2.05) is 0 Å². The second-order valence-electron chi connectivity index (χ2n) is 7.62. The molecule has 2 aromatic heterocycles. The average molecular weight is 420 g/mol. The van der Waals surface area contributed by atoms with Gasteiger partial charge in [-0.15, -0.1) is 11.3 Å². The Bertz CT molecular complexity index is 963. The average Bonchev–Trinajstić information content (AvgIpc) is 3.31. The molecule has 0 unspecified atom stereocenters. The van der Waals surface area contributed by atoms with Crippen LogP contribution in [-0.2, 0) is 22.5 Å². The number of unbranched alkanes of at least 4 members (excludes halogenated alkanes) is 1. The molecule has 0 aliphatic carbocycles. The Morgan fingerprint density at radius 1 is 1.34 bits per heavy atom. The molecule has 8 heteroatoms. The predicted octanol–water partition coefficient (Wildman–Crippen LogP) is 3.20. The van der Waals surface area contributed by atoms with E-state index in [9.17, 15) is 14.4 Å². The molecule has 0 fully saturated rings. The lowest BCUT2D eigenvalue weighted by Crippen LogP contribution is -2.32. The lowest BCUT2D eigenvalue weighted by atomic mass is 9.99. The van der Waals surface area contributed by atoms with Crippen LogP contribution in [0.4, 0.5) is 0 Å². The third-order valence-electron chi connectivity index (χ3n) is 5.56. The number of fused-ring (bicyclic) bond motifs is 2. The summed E-state index contributed by atoms with van der Waals surface area (Å²) in [6.45, 7) is 6.95. The summed E-state index contributed by atoms with van der Waals surface area (Å²) in [5, 5.41) is 3.34. The number of hydrogen-bond donors (Lipinski definition) is 1. The quantitative estimate of drug-likeness (QED) is 0.631. The number of rotatable bonds is 9. The molecule has 3 rings (SSSR count). The minimum Gasteiger partial charge on any atom is -0.451 e. The number of nitrogens with one attached hydrogen (secondary N) is 1. The standard InChI is InChI=1S/C21H29N3O4S/c1-4-6-8-14(5-2)11-22-16(25)12-28-21(27)18-13(3)17-19(29-18)23-15-9-7-10-24(15)20(17)26/h14H,4-12H2,1-3H3,(H,22,25)/t14-/m1/s1. The second kappa shape index (κ2) is 9.52. The largest absolute Gasteiger partial charge is 0.451 e. The van der Waals surface area contributed by atoms with Gasteiger partial charge in [-0.25, -0.2) is 9.78 Å². The molecule has 1 amide bonds. The summed E-state index contributed by atoms with van der Waals surface area (Å²) in [5.41, 5.74) is 0.492. The fraction of sp³-hybridized carbons (Fsp3) is 0.619. The van der Waals surface area contributed by atoms with Crippen molar-refractivity contribution < 1.29 is 14.3 Å². The van der Waals surface area contributed by atoms with Gasteiger partial charge in [0.05, 0.1) is 5.39 Å². The number of hydrogen-bond acceptors (Lipinski definition) is 6. The highest BCUT2D eigenvalue weighted by Gasteiger charge is 2.24. The van der Waals surface area contributed by atoms with Crippen molar-refractivity contribution in [2.24, 2.45) is 5.92 Å². The summed E-state index contributed by atoms with van der Waals surface area (Å²) in [7, 11) is 0. The number of amides is 1. The van der Waals surface area contributed by atoms with Crippen LogP contribution in [0.25, 0.3) is 10.2 Å². The highest BCUT2D eigenvalue weighted by Crippen LogP contribution is 2.29. The van der Waals surface area contributed by atoms with Crippen LogP contribution in [-0.4, -0.2) is 34.6 Å². The Morgan fingerprint density at radius 3 is 2.86 bits per heavy atom. The smallest absolute Gasteiger partial charge is 0.349 e. The summed E-state index contributed by atoms with van der Waals surface area (Å²) in [5.74, 6) is 0.338. The molecule has 1 N–H and O–H groups in total. The fourth-order valence-corrected chi connectivity index (χ4v) is 4.80. The van der Waals surface area contributed by atoms with Crippen molar-refractivity contribution >= 4 is 33.4 Å². The van der Waals surface area contributed by atoms with Crippen molar-refractivity contribution in [1.82, 2.24) is 14.9 Å². The molecule has 7 nitrogen and oxygen atoms in total. The topological polar surface area (TPSA) is 90.3 Å². The van der Waals surface area contributed by atoms with Crippen LogP contribution in [0, 0.1) is 12.8 Å². The number of aromatic nitrogens is 2. The summed E-state index contributed by atoms with van der Waals surface area (Å²) in [6, 6.07) is 0. The maximum absolute atomic E-state index is 12.7.